The molecular weight excluding hydrogens is 360 g/mol. The van der Waals surface area contributed by atoms with Crippen LogP contribution in [0, 0.1) is 0 Å². The fraction of sp³-hybridized carbons (Fsp3) is 0.263. The topological polar surface area (TPSA) is 55.4 Å². The smallest absolute Gasteiger partial charge is 0.339 e. The van der Waals surface area contributed by atoms with Gasteiger partial charge in [-0.1, -0.05) is 30.0 Å². The number of rotatable bonds is 6. The van der Waals surface area contributed by atoms with Crippen LogP contribution < -0.4 is 5.32 Å². The van der Waals surface area contributed by atoms with Crippen LogP contribution in [0.2, 0.25) is 0 Å². The number of hydrogen-bond acceptors (Lipinski definition) is 4. The monoisotopic (exact) mass is 377 g/mol. The number of esters is 1. The van der Waals surface area contributed by atoms with Gasteiger partial charge in [-0.2, -0.15) is 8.78 Å². The lowest BCUT2D eigenvalue weighted by Crippen LogP contribution is -2.21. The van der Waals surface area contributed by atoms with Crippen LogP contribution in [-0.2, 0) is 22.4 Å². The van der Waals surface area contributed by atoms with E-state index >= 15 is 0 Å². The van der Waals surface area contributed by atoms with Gasteiger partial charge in [0.05, 0.1) is 5.56 Å². The first-order valence-corrected chi connectivity index (χ1v) is 9.03. The number of ether oxygens (including phenoxy) is 1. The van der Waals surface area contributed by atoms with Gasteiger partial charge in [-0.25, -0.2) is 4.79 Å². The third-order valence-corrected chi connectivity index (χ3v) is 4.83. The molecule has 0 fully saturated rings. The highest BCUT2D eigenvalue weighted by molar-refractivity contribution is 7.99. The van der Waals surface area contributed by atoms with E-state index in [1.807, 2.05) is 18.2 Å². The number of carbonyl (C=O) groups excluding carboxylic acids is 2. The van der Waals surface area contributed by atoms with E-state index in [1.54, 1.807) is 12.1 Å². The predicted molar refractivity (Wildman–Crippen MR) is 95.7 cm³/mol. The minimum atomic E-state index is -2.65. The summed E-state index contributed by atoms with van der Waals surface area (Å²) in [6, 6.07) is 11.7. The SMILES string of the molecule is O=C(COC(=O)c1ccccc1SC(F)F)Nc1ccc2c(c1)CCC2. The van der Waals surface area contributed by atoms with Crippen molar-refractivity contribution in [1.82, 2.24) is 0 Å². The summed E-state index contributed by atoms with van der Waals surface area (Å²) in [5.74, 6) is -3.93. The van der Waals surface area contributed by atoms with Gasteiger partial charge in [0.15, 0.2) is 6.61 Å². The molecule has 7 heteroatoms. The van der Waals surface area contributed by atoms with E-state index in [0.717, 1.165) is 19.3 Å². The molecule has 2 aromatic carbocycles. The highest BCUT2D eigenvalue weighted by atomic mass is 32.2. The van der Waals surface area contributed by atoms with Gasteiger partial charge in [-0.15, -0.1) is 0 Å². The van der Waals surface area contributed by atoms with Gasteiger partial charge < -0.3 is 10.1 Å². The van der Waals surface area contributed by atoms with Crippen LogP contribution in [0.5, 0.6) is 0 Å². The summed E-state index contributed by atoms with van der Waals surface area (Å²) in [7, 11) is 0. The van der Waals surface area contributed by atoms with E-state index in [4.69, 9.17) is 4.74 Å². The standard InChI is InChI=1S/C19H17F2NO3S/c20-19(21)26-16-7-2-1-6-15(16)18(24)25-11-17(23)22-14-9-8-12-4-3-5-13(12)10-14/h1-2,6-10,19H,3-5,11H2,(H,22,23). The summed E-state index contributed by atoms with van der Waals surface area (Å²) in [4.78, 5) is 24.2. The Morgan fingerprint density at radius 1 is 1.12 bits per heavy atom. The van der Waals surface area contributed by atoms with Crippen LogP contribution >= 0.6 is 11.8 Å². The number of carbonyl (C=O) groups is 2. The van der Waals surface area contributed by atoms with Gasteiger partial charge in [0, 0.05) is 10.6 Å². The molecule has 0 spiro atoms. The van der Waals surface area contributed by atoms with Crippen molar-refractivity contribution in [1.29, 1.82) is 0 Å². The number of hydrogen-bond donors (Lipinski definition) is 1. The van der Waals surface area contributed by atoms with Crippen LogP contribution in [-0.4, -0.2) is 24.2 Å². The molecule has 26 heavy (non-hydrogen) atoms. The third kappa shape index (κ3) is 4.60. The number of alkyl halides is 2. The number of benzene rings is 2. The van der Waals surface area contributed by atoms with Crippen molar-refractivity contribution >= 4 is 29.3 Å². The molecule has 0 atom stereocenters. The summed E-state index contributed by atoms with van der Waals surface area (Å²) in [5, 5.41) is 2.68. The second kappa shape index (κ2) is 8.31. The Hall–Kier alpha value is -2.41. The van der Waals surface area contributed by atoms with Crippen LogP contribution in [0.1, 0.15) is 27.9 Å². The second-order valence-electron chi connectivity index (χ2n) is 5.84. The highest BCUT2D eigenvalue weighted by Crippen LogP contribution is 2.29. The number of anilines is 1. The minimum Gasteiger partial charge on any atom is -0.452 e. The summed E-state index contributed by atoms with van der Waals surface area (Å²) in [6.45, 7) is -0.483. The fourth-order valence-corrected chi connectivity index (χ4v) is 3.52. The molecule has 0 radical (unpaired) electrons. The van der Waals surface area contributed by atoms with Crippen LogP contribution in [0.25, 0.3) is 0 Å². The number of nitrogens with one attached hydrogen (secondary N) is 1. The van der Waals surface area contributed by atoms with Crippen molar-refractivity contribution in [2.24, 2.45) is 0 Å². The first kappa shape index (κ1) is 18.4. The maximum atomic E-state index is 12.6. The molecule has 136 valence electrons. The van der Waals surface area contributed by atoms with E-state index in [9.17, 15) is 18.4 Å². The number of fused-ring (bicyclic) bond motifs is 1. The average Bonchev–Trinajstić information content (AvgIpc) is 3.07. The fourth-order valence-electron chi connectivity index (χ4n) is 2.89. The van der Waals surface area contributed by atoms with Gasteiger partial charge in [-0.05, 0) is 54.7 Å². The first-order chi connectivity index (χ1) is 12.5. The Labute approximate surface area is 153 Å². The van der Waals surface area contributed by atoms with Gasteiger partial charge in [0.1, 0.15) is 0 Å². The predicted octanol–water partition coefficient (Wildman–Crippen LogP) is 4.29. The van der Waals surface area contributed by atoms with Crippen molar-refractivity contribution in [2.45, 2.75) is 29.9 Å². The zero-order valence-corrected chi connectivity index (χ0v) is 14.7. The Kier molecular flexibility index (Phi) is 5.88. The molecule has 0 unspecified atom stereocenters. The molecule has 3 rings (SSSR count). The molecule has 0 bridgehead atoms. The summed E-state index contributed by atoms with van der Waals surface area (Å²) in [5.41, 5.74) is 3.18. The normalized spacial score (nSPS) is 12.7. The van der Waals surface area contributed by atoms with Crippen molar-refractivity contribution in [3.8, 4) is 0 Å². The molecule has 4 nitrogen and oxygen atoms in total. The van der Waals surface area contributed by atoms with Crippen molar-refractivity contribution < 1.29 is 23.1 Å². The van der Waals surface area contributed by atoms with Crippen LogP contribution in [0.4, 0.5) is 14.5 Å². The highest BCUT2D eigenvalue weighted by Gasteiger charge is 2.18. The van der Waals surface area contributed by atoms with Crippen LogP contribution in [0.15, 0.2) is 47.4 Å². The largest absolute Gasteiger partial charge is 0.452 e. The van der Waals surface area contributed by atoms with E-state index in [2.05, 4.69) is 5.32 Å². The van der Waals surface area contributed by atoms with Gasteiger partial charge in [0.25, 0.3) is 11.7 Å². The molecule has 1 N–H and O–H groups in total. The van der Waals surface area contributed by atoms with E-state index < -0.39 is 24.2 Å². The summed E-state index contributed by atoms with van der Waals surface area (Å²) in [6.07, 6.45) is 3.16. The average molecular weight is 377 g/mol. The summed E-state index contributed by atoms with van der Waals surface area (Å²) >= 11 is 0.267. The maximum Gasteiger partial charge on any atom is 0.339 e. The lowest BCUT2D eigenvalue weighted by molar-refractivity contribution is -0.119. The third-order valence-electron chi connectivity index (χ3n) is 4.04. The number of aryl methyl sites for hydroxylation is 2. The van der Waals surface area contributed by atoms with E-state index in [1.165, 1.54) is 23.3 Å². The molecule has 0 saturated heterocycles. The minimum absolute atomic E-state index is 0.0168. The maximum absolute atomic E-state index is 12.6. The lowest BCUT2D eigenvalue weighted by Gasteiger charge is -2.10. The van der Waals surface area contributed by atoms with E-state index in [-0.39, 0.29) is 22.2 Å². The van der Waals surface area contributed by atoms with E-state index in [0.29, 0.717) is 5.69 Å². The molecule has 1 amide bonds. The molecular formula is C19H17F2NO3S. The van der Waals surface area contributed by atoms with Crippen molar-refractivity contribution in [2.75, 3.05) is 11.9 Å². The molecule has 1 aliphatic rings. The first-order valence-electron chi connectivity index (χ1n) is 8.15. The Morgan fingerprint density at radius 2 is 1.88 bits per heavy atom. The quantitative estimate of drug-likeness (QED) is 0.603. The lowest BCUT2D eigenvalue weighted by atomic mass is 10.1. The number of amides is 1. The Bertz CT molecular complexity index is 826. The molecule has 2 aromatic rings. The number of halogens is 2. The molecule has 0 aromatic heterocycles. The van der Waals surface area contributed by atoms with Crippen molar-refractivity contribution in [3.05, 3.63) is 59.2 Å². The zero-order chi connectivity index (χ0) is 18.5. The summed E-state index contributed by atoms with van der Waals surface area (Å²) < 4.78 is 30.1. The van der Waals surface area contributed by atoms with Crippen LogP contribution in [0.3, 0.4) is 0 Å². The van der Waals surface area contributed by atoms with Crippen molar-refractivity contribution in [3.63, 3.8) is 0 Å². The Balaban J connectivity index is 1.57. The molecule has 0 heterocycles. The number of thioether (sulfide) groups is 1. The zero-order valence-electron chi connectivity index (χ0n) is 13.8. The second-order valence-corrected chi connectivity index (χ2v) is 6.87. The molecule has 1 aliphatic carbocycles. The van der Waals surface area contributed by atoms with Gasteiger partial charge >= 0.3 is 5.97 Å². The van der Waals surface area contributed by atoms with Gasteiger partial charge in [0.2, 0.25) is 0 Å². The molecule has 0 aliphatic heterocycles. The Morgan fingerprint density at radius 3 is 2.69 bits per heavy atom. The molecule has 0 saturated carbocycles. The van der Waals surface area contributed by atoms with Gasteiger partial charge in [-0.3, -0.25) is 4.79 Å².